The molecule has 2 N–H and O–H groups in total. The summed E-state index contributed by atoms with van der Waals surface area (Å²) < 4.78 is 0. The van der Waals surface area contributed by atoms with Crippen LogP contribution in [0.2, 0.25) is 0 Å². The predicted octanol–water partition coefficient (Wildman–Crippen LogP) is 2.92. The van der Waals surface area contributed by atoms with E-state index in [2.05, 4.69) is 22.4 Å². The summed E-state index contributed by atoms with van der Waals surface area (Å²) in [7, 11) is 1.69. The van der Waals surface area contributed by atoms with E-state index in [9.17, 15) is 9.59 Å². The van der Waals surface area contributed by atoms with Crippen LogP contribution >= 0.6 is 12.6 Å². The summed E-state index contributed by atoms with van der Waals surface area (Å²) in [4.78, 5) is 32.3. The van der Waals surface area contributed by atoms with E-state index in [0.29, 0.717) is 6.42 Å². The summed E-state index contributed by atoms with van der Waals surface area (Å²) in [5.74, 6) is -0.218. The van der Waals surface area contributed by atoms with Crippen molar-refractivity contribution < 1.29 is 9.59 Å². The first-order chi connectivity index (χ1) is 14.4. The summed E-state index contributed by atoms with van der Waals surface area (Å²) in [6.45, 7) is 1.78. The molecule has 0 unspecified atom stereocenters. The number of piperazine rings is 1. The van der Waals surface area contributed by atoms with Crippen LogP contribution in [0, 0.1) is 0 Å². The fraction of sp³-hybridized carbons (Fsp3) is 0.304. The molecule has 3 aliphatic rings. The van der Waals surface area contributed by atoms with Crippen molar-refractivity contribution >= 4 is 41.0 Å². The number of H-pyrrole nitrogens is 1. The highest BCUT2D eigenvalue weighted by molar-refractivity contribution is 7.82. The van der Waals surface area contributed by atoms with Gasteiger partial charge < -0.3 is 15.2 Å². The second-order valence-corrected chi connectivity index (χ2v) is 9.35. The van der Waals surface area contributed by atoms with Crippen molar-refractivity contribution in [1.82, 2.24) is 14.8 Å². The van der Waals surface area contributed by atoms with Gasteiger partial charge in [-0.2, -0.15) is 0 Å². The zero-order chi connectivity index (χ0) is 20.8. The number of anilines is 1. The third kappa shape index (κ3) is 1.87. The molecule has 4 heterocycles. The van der Waals surface area contributed by atoms with Gasteiger partial charge in [0, 0.05) is 36.3 Å². The number of nitrogens with one attached hydrogen (secondary N) is 2. The molecular weight excluding hydrogens is 396 g/mol. The van der Waals surface area contributed by atoms with Gasteiger partial charge in [0.25, 0.3) is 5.91 Å². The topological polar surface area (TPSA) is 68.4 Å². The molecule has 0 aliphatic carbocycles. The third-order valence-corrected chi connectivity index (χ3v) is 7.82. The molecule has 2 fully saturated rings. The molecule has 0 radical (unpaired) electrons. The Kier molecular flexibility index (Phi) is 3.34. The van der Waals surface area contributed by atoms with Gasteiger partial charge in [-0.05, 0) is 30.2 Å². The number of amides is 2. The van der Waals surface area contributed by atoms with Crippen LogP contribution in [0.5, 0.6) is 0 Å². The number of nitrogens with zero attached hydrogens (tertiary/aromatic N) is 2. The fourth-order valence-corrected chi connectivity index (χ4v) is 6.34. The molecule has 3 aliphatic heterocycles. The fourth-order valence-electron chi connectivity index (χ4n) is 5.72. The molecule has 6 rings (SSSR count). The first-order valence-electron chi connectivity index (χ1n) is 10.1. The van der Waals surface area contributed by atoms with E-state index in [1.165, 1.54) is 4.90 Å². The minimum Gasteiger partial charge on any atom is -0.364 e. The van der Waals surface area contributed by atoms with Gasteiger partial charge in [0.05, 0.1) is 5.41 Å². The third-order valence-electron chi connectivity index (χ3n) is 7.26. The van der Waals surface area contributed by atoms with Crippen molar-refractivity contribution in [3.8, 4) is 0 Å². The molecule has 0 bridgehead atoms. The van der Waals surface area contributed by atoms with Gasteiger partial charge in [0.1, 0.15) is 12.2 Å². The van der Waals surface area contributed by atoms with Crippen LogP contribution in [0.1, 0.15) is 24.5 Å². The van der Waals surface area contributed by atoms with E-state index in [-0.39, 0.29) is 18.0 Å². The van der Waals surface area contributed by atoms with Gasteiger partial charge in [-0.25, -0.2) is 0 Å². The first-order valence-corrected chi connectivity index (χ1v) is 10.6. The standard InChI is InChI=1S/C23H22N4O2S/c1-13-19(28)27-20-22(12-23(27,30)21(29)26(13)2,15-8-4-6-10-18(15)25-20)16-11-24-17-9-5-3-7-14(16)17/h3-11,13,20,24-25,30H,12H2,1-2H3/t13-,20+,22+,23-/m0/s1. The number of benzene rings is 2. The Morgan fingerprint density at radius 1 is 1.07 bits per heavy atom. The molecule has 6 nitrogen and oxygen atoms in total. The molecule has 30 heavy (non-hydrogen) atoms. The van der Waals surface area contributed by atoms with Crippen LogP contribution in [0.4, 0.5) is 5.69 Å². The van der Waals surface area contributed by atoms with Crippen LogP contribution in [0.3, 0.4) is 0 Å². The maximum atomic E-state index is 13.5. The molecule has 1 aromatic heterocycles. The molecule has 7 heteroatoms. The maximum Gasteiger partial charge on any atom is 0.259 e. The van der Waals surface area contributed by atoms with Crippen LogP contribution in [-0.2, 0) is 15.0 Å². The minimum atomic E-state index is -1.21. The molecule has 0 saturated carbocycles. The van der Waals surface area contributed by atoms with Crippen LogP contribution in [0.25, 0.3) is 10.9 Å². The monoisotopic (exact) mass is 418 g/mol. The second kappa shape index (κ2) is 5.60. The average molecular weight is 419 g/mol. The Morgan fingerprint density at radius 2 is 1.80 bits per heavy atom. The number of thiol groups is 1. The van der Waals surface area contributed by atoms with Crippen LogP contribution in [-0.4, -0.2) is 50.7 Å². The molecule has 152 valence electrons. The highest BCUT2D eigenvalue weighted by Crippen LogP contribution is 2.61. The number of aromatic amines is 1. The Hall–Kier alpha value is -2.93. The van der Waals surface area contributed by atoms with Gasteiger partial charge in [-0.1, -0.05) is 36.4 Å². The normalized spacial score (nSPS) is 32.2. The van der Waals surface area contributed by atoms with Crippen LogP contribution < -0.4 is 5.32 Å². The smallest absolute Gasteiger partial charge is 0.259 e. The summed E-state index contributed by atoms with van der Waals surface area (Å²) in [6.07, 6.45) is 2.04. The van der Waals surface area contributed by atoms with Gasteiger partial charge in [-0.3, -0.25) is 14.5 Å². The van der Waals surface area contributed by atoms with E-state index < -0.39 is 16.3 Å². The van der Waals surface area contributed by atoms with Crippen molar-refractivity contribution in [2.45, 2.75) is 35.8 Å². The zero-order valence-corrected chi connectivity index (χ0v) is 17.6. The molecule has 0 spiro atoms. The minimum absolute atomic E-state index is 0.0841. The van der Waals surface area contributed by atoms with Crippen molar-refractivity contribution in [3.05, 3.63) is 65.9 Å². The average Bonchev–Trinajstić information content (AvgIpc) is 3.38. The summed E-state index contributed by atoms with van der Waals surface area (Å²) in [5, 5.41) is 4.67. The number of hydrogen-bond acceptors (Lipinski definition) is 4. The van der Waals surface area contributed by atoms with E-state index >= 15 is 0 Å². The lowest BCUT2D eigenvalue weighted by Gasteiger charge is -2.46. The molecule has 2 amide bonds. The molecule has 3 aromatic rings. The number of rotatable bonds is 1. The summed E-state index contributed by atoms with van der Waals surface area (Å²) >= 11 is 4.90. The van der Waals surface area contributed by atoms with Gasteiger partial charge in [0.2, 0.25) is 5.91 Å². The van der Waals surface area contributed by atoms with Crippen molar-refractivity contribution in [1.29, 1.82) is 0 Å². The highest BCUT2D eigenvalue weighted by Gasteiger charge is 2.70. The van der Waals surface area contributed by atoms with Crippen molar-refractivity contribution in [2.75, 3.05) is 12.4 Å². The number of carbonyl (C=O) groups excluding carboxylic acids is 2. The number of fused-ring (bicyclic) bond motifs is 6. The quantitative estimate of drug-likeness (QED) is 0.533. The van der Waals surface area contributed by atoms with Gasteiger partial charge >= 0.3 is 0 Å². The Balaban J connectivity index is 1.67. The van der Waals surface area contributed by atoms with Gasteiger partial charge in [-0.15, -0.1) is 12.6 Å². The number of carbonyl (C=O) groups is 2. The Morgan fingerprint density at radius 3 is 2.63 bits per heavy atom. The molecular formula is C23H22N4O2S. The van der Waals surface area contributed by atoms with Crippen LogP contribution in [0.15, 0.2) is 54.7 Å². The van der Waals surface area contributed by atoms with E-state index in [0.717, 1.165) is 27.7 Å². The number of likely N-dealkylation sites (N-methyl/N-ethyl adjacent to an activating group) is 1. The van der Waals surface area contributed by atoms with E-state index in [1.54, 1.807) is 18.9 Å². The zero-order valence-electron chi connectivity index (χ0n) is 16.7. The Bertz CT molecular complexity index is 1240. The number of para-hydroxylation sites is 2. The number of hydrogen-bond donors (Lipinski definition) is 3. The number of aromatic nitrogens is 1. The molecule has 4 atom stereocenters. The Labute approximate surface area is 179 Å². The van der Waals surface area contributed by atoms with Crippen molar-refractivity contribution in [2.24, 2.45) is 0 Å². The first kappa shape index (κ1) is 17.9. The molecule has 2 saturated heterocycles. The summed E-state index contributed by atoms with van der Waals surface area (Å²) in [5.41, 5.74) is 3.62. The molecule has 2 aromatic carbocycles. The van der Waals surface area contributed by atoms with E-state index in [4.69, 9.17) is 12.6 Å². The lowest BCUT2D eigenvalue weighted by Crippen LogP contribution is -2.67. The SMILES string of the molecule is C[C@H]1C(=O)N2[C@H]3Nc4ccccc4[C@@]3(c3c[nH]c4ccccc34)C[C@]2(S)C(=O)N1C. The maximum absolute atomic E-state index is 13.5. The largest absolute Gasteiger partial charge is 0.364 e. The van der Waals surface area contributed by atoms with Gasteiger partial charge in [0.15, 0.2) is 4.87 Å². The predicted molar refractivity (Wildman–Crippen MR) is 118 cm³/mol. The second-order valence-electron chi connectivity index (χ2n) is 8.61. The van der Waals surface area contributed by atoms with E-state index in [1.807, 2.05) is 42.6 Å². The lowest BCUT2D eigenvalue weighted by atomic mass is 9.72. The lowest BCUT2D eigenvalue weighted by molar-refractivity contribution is -0.160. The summed E-state index contributed by atoms with van der Waals surface area (Å²) in [6, 6.07) is 15.8. The van der Waals surface area contributed by atoms with Crippen molar-refractivity contribution in [3.63, 3.8) is 0 Å². The highest BCUT2D eigenvalue weighted by atomic mass is 32.1.